The van der Waals surface area contributed by atoms with E-state index in [-0.39, 0.29) is 25.9 Å². The number of aliphatic hydroxyl groups excluding tert-OH is 2. The van der Waals surface area contributed by atoms with Crippen molar-refractivity contribution in [2.45, 2.75) is 250 Å². The van der Waals surface area contributed by atoms with Crippen LogP contribution in [0.3, 0.4) is 0 Å². The molecule has 12 heteroatoms. The number of carbonyl (C=O) groups excluding carboxylic acids is 3. The van der Waals surface area contributed by atoms with Gasteiger partial charge in [0.05, 0.1) is 13.0 Å². The maximum atomic E-state index is 13.2. The number of aliphatic hydroxyl groups is 2. The fourth-order valence-electron chi connectivity index (χ4n) is 8.42. The molecule has 1 heterocycles. The molecule has 6 unspecified atom stereocenters. The van der Waals surface area contributed by atoms with E-state index in [4.69, 9.17) is 23.7 Å². The third kappa shape index (κ3) is 46.4. The van der Waals surface area contributed by atoms with E-state index in [1.807, 2.05) is 12.2 Å². The van der Waals surface area contributed by atoms with E-state index in [0.29, 0.717) is 19.3 Å². The molecule has 0 spiro atoms. The summed E-state index contributed by atoms with van der Waals surface area (Å²) in [5.74, 6) is -3.34. The van der Waals surface area contributed by atoms with Crippen LogP contribution >= 0.6 is 0 Å². The third-order valence-electron chi connectivity index (χ3n) is 13.1. The topological polar surface area (TPSA) is 175 Å². The standard InChI is InChI=1S/C71H108O12/c1-4-7-10-13-16-19-22-25-28-30-32-34-37-39-42-45-48-51-54-57-63(72)79-60-62(81-64(73)58-55-52-49-46-43-41-38-35-33-31-29-26-23-20-17-14-11-8-5-2)61-80-71-69(67(76)66(75)68(83-71)70(77)78)82-65(74)59-56-53-50-47-44-40-36-27-24-21-18-15-12-9-6-3/h7-12,16-21,25-29,32-36,44,47,53,56,62,66-69,71,75-76H,4-6,13-15,22-24,30-31,37-43,45-46,48-52,54-55,57-61H2,1-3H3,(H,77,78)/b10-7-,11-8-,12-9-,19-16-,20-17-,21-18-,28-25-,29-26-,34-32-,35-33-,36-27-,47-44-,56-53-. The highest BCUT2D eigenvalue weighted by atomic mass is 16.7. The summed E-state index contributed by atoms with van der Waals surface area (Å²) >= 11 is 0. The van der Waals surface area contributed by atoms with Crippen molar-refractivity contribution in [2.75, 3.05) is 13.2 Å². The second kappa shape index (κ2) is 56.8. The molecule has 83 heavy (non-hydrogen) atoms. The van der Waals surface area contributed by atoms with Gasteiger partial charge in [-0.2, -0.15) is 0 Å². The number of ether oxygens (including phenoxy) is 5. The predicted octanol–water partition coefficient (Wildman–Crippen LogP) is 16.9. The lowest BCUT2D eigenvalue weighted by Gasteiger charge is -2.40. The summed E-state index contributed by atoms with van der Waals surface area (Å²) in [4.78, 5) is 51.3. The number of allylic oxidation sites excluding steroid dienone is 25. The Hall–Kier alpha value is -5.66. The van der Waals surface area contributed by atoms with Crippen LogP contribution in [-0.4, -0.2) is 89.2 Å². The van der Waals surface area contributed by atoms with Gasteiger partial charge in [-0.3, -0.25) is 14.4 Å². The SMILES string of the molecule is CC/C=C\C/C=C\C/C=C\C/C=C\C/C=C\CC(=O)OC1C(OCC(COC(=O)CCCCCCCC/C=C\C/C=C\C/C=C\C/C=C\CC)OC(=O)CCCCCCCC/C=C\C/C=C\C/C=C\C/C=C\CC)OC(C(=O)O)C(O)C1O. The molecule has 0 aliphatic carbocycles. The minimum Gasteiger partial charge on any atom is -0.479 e. The first-order chi connectivity index (χ1) is 40.6. The lowest BCUT2D eigenvalue weighted by atomic mass is 9.98. The maximum absolute atomic E-state index is 13.2. The first kappa shape index (κ1) is 75.4. The van der Waals surface area contributed by atoms with E-state index in [9.17, 15) is 34.5 Å². The largest absolute Gasteiger partial charge is 0.479 e. The fraction of sp³-hybridized carbons (Fsp3) is 0.577. The zero-order chi connectivity index (χ0) is 60.3. The molecule has 1 aliphatic rings. The zero-order valence-electron chi connectivity index (χ0n) is 51.1. The van der Waals surface area contributed by atoms with Gasteiger partial charge in [0.15, 0.2) is 24.6 Å². The number of esters is 3. The Bertz CT molecular complexity index is 2050. The van der Waals surface area contributed by atoms with Crippen LogP contribution in [0.4, 0.5) is 0 Å². The van der Waals surface area contributed by atoms with Gasteiger partial charge in [-0.1, -0.05) is 230 Å². The second-order valence-corrected chi connectivity index (χ2v) is 20.6. The molecule has 3 N–H and O–H groups in total. The number of carboxylic acid groups (broad SMARTS) is 1. The Morgan fingerprint density at radius 3 is 1.16 bits per heavy atom. The van der Waals surface area contributed by atoms with E-state index >= 15 is 0 Å². The Labute approximate surface area is 501 Å². The van der Waals surface area contributed by atoms with Gasteiger partial charge in [-0.25, -0.2) is 4.79 Å². The Kier molecular flexibility index (Phi) is 51.6. The summed E-state index contributed by atoms with van der Waals surface area (Å²) in [6.07, 6.45) is 70.8. The minimum atomic E-state index is -1.95. The van der Waals surface area contributed by atoms with E-state index in [1.54, 1.807) is 12.2 Å². The number of unbranched alkanes of at least 4 members (excludes halogenated alkanes) is 12. The molecule has 0 radical (unpaired) electrons. The van der Waals surface area contributed by atoms with Crippen molar-refractivity contribution in [3.63, 3.8) is 0 Å². The van der Waals surface area contributed by atoms with Crippen molar-refractivity contribution in [3.8, 4) is 0 Å². The molecule has 1 fully saturated rings. The summed E-state index contributed by atoms with van der Waals surface area (Å²) in [5, 5.41) is 31.5. The van der Waals surface area contributed by atoms with Crippen molar-refractivity contribution >= 4 is 23.9 Å². The fourth-order valence-corrected chi connectivity index (χ4v) is 8.42. The number of hydrogen-bond donors (Lipinski definition) is 3. The van der Waals surface area contributed by atoms with Crippen molar-refractivity contribution < 1.29 is 58.2 Å². The van der Waals surface area contributed by atoms with Crippen LogP contribution in [0.1, 0.15) is 213 Å². The normalized spacial score (nSPS) is 18.7. The van der Waals surface area contributed by atoms with Gasteiger partial charge in [0.25, 0.3) is 0 Å². The third-order valence-corrected chi connectivity index (χ3v) is 13.1. The molecule has 0 saturated carbocycles. The molecule has 1 rings (SSSR count). The summed E-state index contributed by atoms with van der Waals surface area (Å²) in [5.41, 5.74) is 0. The molecule has 0 aromatic heterocycles. The summed E-state index contributed by atoms with van der Waals surface area (Å²) in [7, 11) is 0. The smallest absolute Gasteiger partial charge is 0.335 e. The zero-order valence-corrected chi connectivity index (χ0v) is 51.1. The molecular weight excluding hydrogens is 1040 g/mol. The molecule has 464 valence electrons. The lowest BCUT2D eigenvalue weighted by molar-refractivity contribution is -0.301. The molecule has 12 nitrogen and oxygen atoms in total. The Morgan fingerprint density at radius 2 is 0.759 bits per heavy atom. The number of carbonyl (C=O) groups is 4. The van der Waals surface area contributed by atoms with Gasteiger partial charge >= 0.3 is 23.9 Å². The molecule has 1 aliphatic heterocycles. The molecule has 0 bridgehead atoms. The van der Waals surface area contributed by atoms with Crippen molar-refractivity contribution in [1.29, 1.82) is 0 Å². The van der Waals surface area contributed by atoms with Crippen LogP contribution in [0.15, 0.2) is 158 Å². The van der Waals surface area contributed by atoms with E-state index in [1.165, 1.54) is 0 Å². The van der Waals surface area contributed by atoms with Gasteiger partial charge < -0.3 is 39.0 Å². The highest BCUT2D eigenvalue weighted by Crippen LogP contribution is 2.26. The minimum absolute atomic E-state index is 0.123. The lowest BCUT2D eigenvalue weighted by Crippen LogP contribution is -2.61. The molecule has 0 aromatic carbocycles. The van der Waals surface area contributed by atoms with E-state index < -0.39 is 67.3 Å². The van der Waals surface area contributed by atoms with Gasteiger partial charge in [0.1, 0.15) is 18.8 Å². The number of hydrogen-bond acceptors (Lipinski definition) is 11. The summed E-state index contributed by atoms with van der Waals surface area (Å²) < 4.78 is 28.3. The van der Waals surface area contributed by atoms with E-state index in [2.05, 4.69) is 154 Å². The number of carboxylic acids is 1. The van der Waals surface area contributed by atoms with Crippen molar-refractivity contribution in [1.82, 2.24) is 0 Å². The van der Waals surface area contributed by atoms with Gasteiger partial charge in [0, 0.05) is 12.8 Å². The highest BCUT2D eigenvalue weighted by Gasteiger charge is 2.50. The number of aliphatic carboxylic acids is 1. The van der Waals surface area contributed by atoms with E-state index in [0.717, 1.165) is 154 Å². The average molecular weight is 1150 g/mol. The van der Waals surface area contributed by atoms with Gasteiger partial charge in [-0.15, -0.1) is 0 Å². The second-order valence-electron chi connectivity index (χ2n) is 20.6. The quantitative estimate of drug-likeness (QED) is 0.0228. The van der Waals surface area contributed by atoms with Crippen LogP contribution in [0.2, 0.25) is 0 Å². The first-order valence-electron chi connectivity index (χ1n) is 31.5. The summed E-state index contributed by atoms with van der Waals surface area (Å²) in [6.45, 7) is 5.58. The maximum Gasteiger partial charge on any atom is 0.335 e. The summed E-state index contributed by atoms with van der Waals surface area (Å²) in [6, 6.07) is 0. The first-order valence-corrected chi connectivity index (χ1v) is 31.5. The molecule has 0 aromatic rings. The monoisotopic (exact) mass is 1150 g/mol. The predicted molar refractivity (Wildman–Crippen MR) is 339 cm³/mol. The molecule has 0 amide bonds. The van der Waals surface area contributed by atoms with Crippen LogP contribution in [0.5, 0.6) is 0 Å². The Morgan fingerprint density at radius 1 is 0.410 bits per heavy atom. The van der Waals surface area contributed by atoms with Crippen LogP contribution in [0, 0.1) is 0 Å². The van der Waals surface area contributed by atoms with Crippen molar-refractivity contribution in [3.05, 3.63) is 158 Å². The van der Waals surface area contributed by atoms with Crippen LogP contribution in [0.25, 0.3) is 0 Å². The molecular formula is C71H108O12. The van der Waals surface area contributed by atoms with Crippen LogP contribution < -0.4 is 0 Å². The molecule has 1 saturated heterocycles. The average Bonchev–Trinajstić information content (AvgIpc) is 3.57. The van der Waals surface area contributed by atoms with Crippen molar-refractivity contribution in [2.24, 2.45) is 0 Å². The highest BCUT2D eigenvalue weighted by molar-refractivity contribution is 5.74. The van der Waals surface area contributed by atoms with Gasteiger partial charge in [-0.05, 0) is 122 Å². The van der Waals surface area contributed by atoms with Crippen LogP contribution in [-0.2, 0) is 42.9 Å². The molecule has 6 atom stereocenters. The van der Waals surface area contributed by atoms with Gasteiger partial charge in [0.2, 0.25) is 0 Å². The number of rotatable bonds is 51. The Balaban J connectivity index is 2.75.